The summed E-state index contributed by atoms with van der Waals surface area (Å²) in [6.45, 7) is 0. The van der Waals surface area contributed by atoms with E-state index in [2.05, 4.69) is 17.4 Å². The molecule has 3 N–H and O–H groups in total. The van der Waals surface area contributed by atoms with Gasteiger partial charge in [-0.25, -0.2) is 4.79 Å². The van der Waals surface area contributed by atoms with Crippen LogP contribution in [0, 0.1) is 0 Å². The Balaban J connectivity index is 2.30. The highest BCUT2D eigenvalue weighted by Crippen LogP contribution is 2.38. The molecule has 1 saturated carbocycles. The zero-order valence-corrected chi connectivity index (χ0v) is 8.70. The third kappa shape index (κ3) is 1.96. The van der Waals surface area contributed by atoms with Crippen LogP contribution >= 0.6 is 0 Å². The third-order valence-corrected chi connectivity index (χ3v) is 3.15. The number of urea groups is 1. The fourth-order valence-electron chi connectivity index (χ4n) is 2.46. The highest BCUT2D eigenvalue weighted by atomic mass is 16.2. The molecular weight excluding hydrogens is 188 g/mol. The van der Waals surface area contributed by atoms with Crippen molar-refractivity contribution in [3.63, 3.8) is 0 Å². The van der Waals surface area contributed by atoms with E-state index in [1.807, 2.05) is 18.2 Å². The summed E-state index contributed by atoms with van der Waals surface area (Å²) in [6.07, 6.45) is 4.27. The molecule has 1 aliphatic rings. The number of hydrogen-bond acceptors (Lipinski definition) is 1. The van der Waals surface area contributed by atoms with Gasteiger partial charge in [0.05, 0.1) is 5.54 Å². The number of nitrogens with one attached hydrogen (secondary N) is 1. The number of nitrogens with two attached hydrogens (primary N) is 1. The standard InChI is InChI=1S/C12H16N2O/c13-11(15)14-12(8-4-5-9-12)10-6-2-1-3-7-10/h1-3,6-7H,4-5,8-9H2,(H3,13,14,15). The molecule has 3 nitrogen and oxygen atoms in total. The molecule has 15 heavy (non-hydrogen) atoms. The monoisotopic (exact) mass is 204 g/mol. The maximum absolute atomic E-state index is 11.0. The van der Waals surface area contributed by atoms with E-state index in [-0.39, 0.29) is 5.54 Å². The van der Waals surface area contributed by atoms with Gasteiger partial charge in [-0.1, -0.05) is 43.2 Å². The second-order valence-electron chi connectivity index (χ2n) is 4.14. The molecule has 0 unspecified atom stereocenters. The topological polar surface area (TPSA) is 55.1 Å². The summed E-state index contributed by atoms with van der Waals surface area (Å²) in [5.41, 5.74) is 6.20. The minimum absolute atomic E-state index is 0.215. The summed E-state index contributed by atoms with van der Waals surface area (Å²) < 4.78 is 0. The minimum Gasteiger partial charge on any atom is -0.352 e. The van der Waals surface area contributed by atoms with Crippen LogP contribution in [0.5, 0.6) is 0 Å². The Kier molecular flexibility index (Phi) is 2.62. The Morgan fingerprint density at radius 3 is 2.33 bits per heavy atom. The fraction of sp³-hybridized carbons (Fsp3) is 0.417. The molecule has 2 rings (SSSR count). The lowest BCUT2D eigenvalue weighted by Gasteiger charge is -2.30. The lowest BCUT2D eigenvalue weighted by molar-refractivity contribution is 0.233. The molecule has 0 heterocycles. The minimum atomic E-state index is -0.430. The van der Waals surface area contributed by atoms with Gasteiger partial charge in [-0.3, -0.25) is 0 Å². The summed E-state index contributed by atoms with van der Waals surface area (Å²) in [5.74, 6) is 0. The maximum Gasteiger partial charge on any atom is 0.312 e. The van der Waals surface area contributed by atoms with Crippen molar-refractivity contribution in [2.24, 2.45) is 5.73 Å². The van der Waals surface area contributed by atoms with Crippen molar-refractivity contribution in [3.05, 3.63) is 35.9 Å². The molecule has 0 spiro atoms. The van der Waals surface area contributed by atoms with Gasteiger partial charge in [0.1, 0.15) is 0 Å². The van der Waals surface area contributed by atoms with E-state index in [1.54, 1.807) is 0 Å². The molecule has 1 aromatic rings. The van der Waals surface area contributed by atoms with Crippen molar-refractivity contribution in [1.82, 2.24) is 5.32 Å². The largest absolute Gasteiger partial charge is 0.352 e. The lowest BCUT2D eigenvalue weighted by Crippen LogP contribution is -2.46. The van der Waals surface area contributed by atoms with Crippen molar-refractivity contribution in [1.29, 1.82) is 0 Å². The molecule has 1 fully saturated rings. The predicted molar refractivity (Wildman–Crippen MR) is 59.3 cm³/mol. The van der Waals surface area contributed by atoms with Gasteiger partial charge in [0.25, 0.3) is 0 Å². The molecule has 0 radical (unpaired) electrons. The van der Waals surface area contributed by atoms with Gasteiger partial charge in [0.2, 0.25) is 0 Å². The number of amides is 2. The van der Waals surface area contributed by atoms with E-state index in [0.717, 1.165) is 25.7 Å². The van der Waals surface area contributed by atoms with E-state index in [0.29, 0.717) is 0 Å². The number of carbonyl (C=O) groups excluding carboxylic acids is 1. The van der Waals surface area contributed by atoms with Crippen LogP contribution in [-0.2, 0) is 5.54 Å². The van der Waals surface area contributed by atoms with Crippen LogP contribution in [0.4, 0.5) is 4.79 Å². The molecule has 3 heteroatoms. The van der Waals surface area contributed by atoms with Crippen LogP contribution in [0.15, 0.2) is 30.3 Å². The van der Waals surface area contributed by atoms with Crippen LogP contribution < -0.4 is 11.1 Å². The second kappa shape index (κ2) is 3.93. The van der Waals surface area contributed by atoms with Crippen molar-refractivity contribution in [2.45, 2.75) is 31.2 Å². The molecule has 0 aromatic heterocycles. The van der Waals surface area contributed by atoms with E-state index < -0.39 is 6.03 Å². The first-order valence-corrected chi connectivity index (χ1v) is 5.36. The third-order valence-electron chi connectivity index (χ3n) is 3.15. The van der Waals surface area contributed by atoms with Gasteiger partial charge in [-0.05, 0) is 18.4 Å². The SMILES string of the molecule is NC(=O)NC1(c2ccccc2)CCCC1. The Morgan fingerprint density at radius 2 is 1.80 bits per heavy atom. The van der Waals surface area contributed by atoms with Crippen LogP contribution in [0.1, 0.15) is 31.2 Å². The Morgan fingerprint density at radius 1 is 1.20 bits per heavy atom. The molecule has 0 bridgehead atoms. The summed E-state index contributed by atoms with van der Waals surface area (Å²) in [6, 6.07) is 9.66. The molecular formula is C12H16N2O. The highest BCUT2D eigenvalue weighted by Gasteiger charge is 2.36. The normalized spacial score (nSPS) is 18.7. The predicted octanol–water partition coefficient (Wildman–Crippen LogP) is 2.12. The van der Waals surface area contributed by atoms with Crippen LogP contribution in [0.3, 0.4) is 0 Å². The number of rotatable bonds is 2. The Bertz CT molecular complexity index is 342. The first kappa shape index (κ1) is 10.0. The molecule has 2 amide bonds. The molecule has 0 saturated heterocycles. The number of hydrogen-bond donors (Lipinski definition) is 2. The Labute approximate surface area is 89.7 Å². The first-order valence-electron chi connectivity index (χ1n) is 5.36. The van der Waals surface area contributed by atoms with Gasteiger partial charge in [-0.2, -0.15) is 0 Å². The molecule has 1 aromatic carbocycles. The van der Waals surface area contributed by atoms with Gasteiger partial charge in [-0.15, -0.1) is 0 Å². The summed E-state index contributed by atoms with van der Waals surface area (Å²) in [7, 11) is 0. The van der Waals surface area contributed by atoms with Crippen LogP contribution in [0.2, 0.25) is 0 Å². The van der Waals surface area contributed by atoms with Crippen molar-refractivity contribution >= 4 is 6.03 Å². The second-order valence-corrected chi connectivity index (χ2v) is 4.14. The number of carbonyl (C=O) groups is 1. The zero-order valence-electron chi connectivity index (χ0n) is 8.70. The van der Waals surface area contributed by atoms with Gasteiger partial charge >= 0.3 is 6.03 Å². The summed E-state index contributed by atoms with van der Waals surface area (Å²) >= 11 is 0. The first-order chi connectivity index (χ1) is 7.23. The van der Waals surface area contributed by atoms with E-state index >= 15 is 0 Å². The summed E-state index contributed by atoms with van der Waals surface area (Å²) in [4.78, 5) is 11.0. The van der Waals surface area contributed by atoms with Crippen molar-refractivity contribution in [3.8, 4) is 0 Å². The quantitative estimate of drug-likeness (QED) is 0.761. The van der Waals surface area contributed by atoms with Crippen molar-refractivity contribution < 1.29 is 4.79 Å². The van der Waals surface area contributed by atoms with Gasteiger partial charge in [0, 0.05) is 0 Å². The van der Waals surface area contributed by atoms with Gasteiger partial charge < -0.3 is 11.1 Å². The number of benzene rings is 1. The molecule has 80 valence electrons. The molecule has 1 aliphatic carbocycles. The van der Waals surface area contributed by atoms with E-state index in [1.165, 1.54) is 5.56 Å². The molecule has 0 atom stereocenters. The highest BCUT2D eigenvalue weighted by molar-refractivity contribution is 5.73. The number of primary amides is 1. The van der Waals surface area contributed by atoms with E-state index in [4.69, 9.17) is 5.73 Å². The van der Waals surface area contributed by atoms with Crippen LogP contribution in [0.25, 0.3) is 0 Å². The van der Waals surface area contributed by atoms with Crippen molar-refractivity contribution in [2.75, 3.05) is 0 Å². The summed E-state index contributed by atoms with van der Waals surface area (Å²) in [5, 5.41) is 2.91. The zero-order chi connectivity index (χ0) is 10.7. The average Bonchev–Trinajstić information content (AvgIpc) is 2.68. The van der Waals surface area contributed by atoms with E-state index in [9.17, 15) is 4.79 Å². The molecule has 0 aliphatic heterocycles. The maximum atomic E-state index is 11.0. The van der Waals surface area contributed by atoms with Gasteiger partial charge in [0.15, 0.2) is 0 Å². The van der Waals surface area contributed by atoms with Crippen LogP contribution in [-0.4, -0.2) is 6.03 Å². The smallest absolute Gasteiger partial charge is 0.312 e. The average molecular weight is 204 g/mol. The fourth-order valence-corrected chi connectivity index (χ4v) is 2.46. The Hall–Kier alpha value is -1.51. The lowest BCUT2D eigenvalue weighted by atomic mass is 9.88.